The second-order valence-corrected chi connectivity index (χ2v) is 3.42. The Morgan fingerprint density at radius 1 is 1.53 bits per heavy atom. The summed E-state index contributed by atoms with van der Waals surface area (Å²) in [5.41, 5.74) is 5.64. The van der Waals surface area contributed by atoms with E-state index in [2.05, 4.69) is 15.6 Å². The van der Waals surface area contributed by atoms with Crippen molar-refractivity contribution in [2.45, 2.75) is 26.3 Å². The topological polar surface area (TPSA) is 73.1 Å². The Hall–Kier alpha value is -1.04. The molecule has 84 valence electrons. The number of rotatable bonds is 5. The van der Waals surface area contributed by atoms with E-state index in [1.807, 2.05) is 19.9 Å². The zero-order valence-corrected chi connectivity index (χ0v) is 9.45. The third-order valence-electron chi connectivity index (χ3n) is 2.27. The van der Waals surface area contributed by atoms with Gasteiger partial charge in [0.05, 0.1) is 24.0 Å². The van der Waals surface area contributed by atoms with E-state index in [-0.39, 0.29) is 6.04 Å². The second kappa shape index (κ2) is 5.75. The lowest BCUT2D eigenvalue weighted by Crippen LogP contribution is -2.32. The molecule has 3 N–H and O–H groups in total. The Morgan fingerprint density at radius 3 is 2.80 bits per heavy atom. The number of nitrogens with two attached hydrogens (primary N) is 1. The first kappa shape index (κ1) is 12.0. The number of nitrogens with zero attached hydrogens (tertiary/aromatic N) is 2. The molecular formula is C10H18N4O. The highest BCUT2D eigenvalue weighted by molar-refractivity contribution is 5.24. The highest BCUT2D eigenvalue weighted by Crippen LogP contribution is 2.16. The highest BCUT2D eigenvalue weighted by Gasteiger charge is 2.14. The van der Waals surface area contributed by atoms with Crippen LogP contribution in [0.4, 0.5) is 0 Å². The van der Waals surface area contributed by atoms with Crippen molar-refractivity contribution in [3.8, 4) is 0 Å². The summed E-state index contributed by atoms with van der Waals surface area (Å²) in [7, 11) is 1.65. The summed E-state index contributed by atoms with van der Waals surface area (Å²) in [6, 6.07) is 1.97. The van der Waals surface area contributed by atoms with Crippen LogP contribution in [-0.4, -0.2) is 23.9 Å². The monoisotopic (exact) mass is 210 g/mol. The SMILES string of the molecule is CCc1nnc(C)cc1C(COC)NN. The third-order valence-corrected chi connectivity index (χ3v) is 2.27. The van der Waals surface area contributed by atoms with Gasteiger partial charge < -0.3 is 4.74 Å². The van der Waals surface area contributed by atoms with Gasteiger partial charge in [0.2, 0.25) is 0 Å². The van der Waals surface area contributed by atoms with Gasteiger partial charge in [0.15, 0.2) is 0 Å². The van der Waals surface area contributed by atoms with Gasteiger partial charge in [-0.3, -0.25) is 11.3 Å². The molecule has 0 radical (unpaired) electrons. The molecule has 1 rings (SSSR count). The van der Waals surface area contributed by atoms with Crippen LogP contribution in [0.15, 0.2) is 6.07 Å². The van der Waals surface area contributed by atoms with Crippen molar-refractivity contribution in [2.75, 3.05) is 13.7 Å². The fourth-order valence-corrected chi connectivity index (χ4v) is 1.51. The van der Waals surface area contributed by atoms with Crippen LogP contribution >= 0.6 is 0 Å². The molecule has 5 nitrogen and oxygen atoms in total. The molecule has 1 aromatic rings. The summed E-state index contributed by atoms with van der Waals surface area (Å²) in [5, 5.41) is 8.17. The van der Waals surface area contributed by atoms with Crippen LogP contribution in [0.3, 0.4) is 0 Å². The van der Waals surface area contributed by atoms with Crippen LogP contribution in [0.5, 0.6) is 0 Å². The van der Waals surface area contributed by atoms with E-state index in [4.69, 9.17) is 10.6 Å². The van der Waals surface area contributed by atoms with Gasteiger partial charge in [0, 0.05) is 7.11 Å². The average Bonchev–Trinajstić information content (AvgIpc) is 2.26. The van der Waals surface area contributed by atoms with Crippen molar-refractivity contribution in [1.29, 1.82) is 0 Å². The molecule has 0 aliphatic heterocycles. The molecule has 0 aliphatic rings. The fraction of sp³-hybridized carbons (Fsp3) is 0.600. The molecule has 1 unspecified atom stereocenters. The van der Waals surface area contributed by atoms with Gasteiger partial charge in [-0.25, -0.2) is 0 Å². The lowest BCUT2D eigenvalue weighted by molar-refractivity contribution is 0.166. The van der Waals surface area contributed by atoms with E-state index >= 15 is 0 Å². The first-order valence-corrected chi connectivity index (χ1v) is 5.01. The fourth-order valence-electron chi connectivity index (χ4n) is 1.51. The molecule has 0 bridgehead atoms. The zero-order chi connectivity index (χ0) is 11.3. The van der Waals surface area contributed by atoms with Gasteiger partial charge >= 0.3 is 0 Å². The molecule has 0 aliphatic carbocycles. The van der Waals surface area contributed by atoms with E-state index < -0.39 is 0 Å². The van der Waals surface area contributed by atoms with E-state index in [0.717, 1.165) is 23.4 Å². The maximum absolute atomic E-state index is 5.49. The Bertz CT molecular complexity index is 316. The van der Waals surface area contributed by atoms with Gasteiger partial charge in [-0.1, -0.05) is 6.92 Å². The number of ether oxygens (including phenoxy) is 1. The molecule has 5 heteroatoms. The molecule has 0 aromatic carbocycles. The number of hydrogen-bond acceptors (Lipinski definition) is 5. The van der Waals surface area contributed by atoms with Crippen molar-refractivity contribution in [3.05, 3.63) is 23.0 Å². The minimum Gasteiger partial charge on any atom is -0.383 e. The molecule has 1 heterocycles. The van der Waals surface area contributed by atoms with Gasteiger partial charge in [0.1, 0.15) is 0 Å². The normalized spacial score (nSPS) is 12.8. The predicted octanol–water partition coefficient (Wildman–Crippen LogP) is 0.498. The van der Waals surface area contributed by atoms with E-state index in [1.54, 1.807) is 7.11 Å². The van der Waals surface area contributed by atoms with Crippen molar-refractivity contribution in [2.24, 2.45) is 5.84 Å². The van der Waals surface area contributed by atoms with Crippen LogP contribution in [0.1, 0.15) is 29.9 Å². The predicted molar refractivity (Wildman–Crippen MR) is 58.1 cm³/mol. The van der Waals surface area contributed by atoms with Gasteiger partial charge in [-0.05, 0) is 25.0 Å². The number of aromatic nitrogens is 2. The molecule has 15 heavy (non-hydrogen) atoms. The summed E-state index contributed by atoms with van der Waals surface area (Å²) in [6.45, 7) is 4.48. The van der Waals surface area contributed by atoms with Gasteiger partial charge in [-0.2, -0.15) is 10.2 Å². The Kier molecular flexibility index (Phi) is 4.61. The van der Waals surface area contributed by atoms with Gasteiger partial charge in [0.25, 0.3) is 0 Å². The largest absolute Gasteiger partial charge is 0.383 e. The summed E-state index contributed by atoms with van der Waals surface area (Å²) in [5.74, 6) is 5.49. The minimum absolute atomic E-state index is 0.0286. The number of aryl methyl sites for hydroxylation is 2. The molecule has 0 spiro atoms. The molecule has 1 atom stereocenters. The van der Waals surface area contributed by atoms with Crippen LogP contribution in [-0.2, 0) is 11.2 Å². The maximum atomic E-state index is 5.49. The van der Waals surface area contributed by atoms with E-state index in [9.17, 15) is 0 Å². The highest BCUT2D eigenvalue weighted by atomic mass is 16.5. The molecule has 0 saturated heterocycles. The Morgan fingerprint density at radius 2 is 2.27 bits per heavy atom. The summed E-state index contributed by atoms with van der Waals surface area (Å²) >= 11 is 0. The Labute approximate surface area is 90.0 Å². The van der Waals surface area contributed by atoms with Crippen molar-refractivity contribution < 1.29 is 4.74 Å². The summed E-state index contributed by atoms with van der Waals surface area (Å²) in [4.78, 5) is 0. The quantitative estimate of drug-likeness (QED) is 0.547. The van der Waals surface area contributed by atoms with Crippen LogP contribution in [0, 0.1) is 6.92 Å². The van der Waals surface area contributed by atoms with Crippen molar-refractivity contribution >= 4 is 0 Å². The molecular weight excluding hydrogens is 192 g/mol. The van der Waals surface area contributed by atoms with Crippen LogP contribution in [0.2, 0.25) is 0 Å². The molecule has 0 amide bonds. The van der Waals surface area contributed by atoms with Crippen LogP contribution in [0.25, 0.3) is 0 Å². The van der Waals surface area contributed by atoms with Gasteiger partial charge in [-0.15, -0.1) is 0 Å². The van der Waals surface area contributed by atoms with Crippen molar-refractivity contribution in [3.63, 3.8) is 0 Å². The van der Waals surface area contributed by atoms with Crippen molar-refractivity contribution in [1.82, 2.24) is 15.6 Å². The number of hydrazine groups is 1. The lowest BCUT2D eigenvalue weighted by Gasteiger charge is -2.17. The lowest BCUT2D eigenvalue weighted by atomic mass is 10.0. The van der Waals surface area contributed by atoms with Crippen LogP contribution < -0.4 is 11.3 Å². The molecule has 0 fully saturated rings. The first-order chi connectivity index (χ1) is 7.22. The smallest absolute Gasteiger partial charge is 0.0712 e. The summed E-state index contributed by atoms with van der Waals surface area (Å²) < 4.78 is 5.10. The minimum atomic E-state index is -0.0286. The third kappa shape index (κ3) is 2.95. The average molecular weight is 210 g/mol. The number of hydrogen-bond donors (Lipinski definition) is 2. The second-order valence-electron chi connectivity index (χ2n) is 3.42. The zero-order valence-electron chi connectivity index (χ0n) is 9.45. The van der Waals surface area contributed by atoms with E-state index in [1.165, 1.54) is 0 Å². The maximum Gasteiger partial charge on any atom is 0.0712 e. The molecule has 1 aromatic heterocycles. The van der Waals surface area contributed by atoms with E-state index in [0.29, 0.717) is 6.61 Å². The molecule has 0 saturated carbocycles. The standard InChI is InChI=1S/C10H18N4O/c1-4-9-8(5-7(2)13-14-9)10(12-11)6-15-3/h5,10,12H,4,6,11H2,1-3H3. The summed E-state index contributed by atoms with van der Waals surface area (Å²) in [6.07, 6.45) is 0.838. The number of methoxy groups -OCH3 is 1. The number of nitrogens with one attached hydrogen (secondary N) is 1. The Balaban J connectivity index is 3.02. The first-order valence-electron chi connectivity index (χ1n) is 5.01.